The first-order valence-electron chi connectivity index (χ1n) is 9.82. The predicted octanol–water partition coefficient (Wildman–Crippen LogP) is 4.16. The topological polar surface area (TPSA) is 72.5 Å². The lowest BCUT2D eigenvalue weighted by Gasteiger charge is -2.34. The summed E-state index contributed by atoms with van der Waals surface area (Å²) in [4.78, 5) is 13.8. The number of benzene rings is 2. The van der Waals surface area contributed by atoms with Crippen LogP contribution in [0.25, 0.3) is 0 Å². The van der Waals surface area contributed by atoms with Crippen molar-refractivity contribution in [2.75, 3.05) is 35.5 Å². The third kappa shape index (κ3) is 3.87. The molecule has 1 heterocycles. The standard InChI is InChI=1S/C24H28O7/c1-8-13(2)24-23(25)22(20-16(28-5)9-14(26-3)10-17(20)29-6)21-18(30-7)11-15(27-4)12-19(21)31-24/h8-12,22,24H,1-7H3/b13-8+/t22-,24-/m1/s1. The van der Waals surface area contributed by atoms with E-state index in [1.807, 2.05) is 19.9 Å². The normalized spacial score (nSPS) is 18.0. The Morgan fingerprint density at radius 2 is 1.29 bits per heavy atom. The Morgan fingerprint density at radius 3 is 1.74 bits per heavy atom. The summed E-state index contributed by atoms with van der Waals surface area (Å²) in [6, 6.07) is 6.95. The van der Waals surface area contributed by atoms with Gasteiger partial charge in [-0.25, -0.2) is 0 Å². The van der Waals surface area contributed by atoms with Gasteiger partial charge in [-0.05, 0) is 19.4 Å². The van der Waals surface area contributed by atoms with Gasteiger partial charge in [0.05, 0.1) is 52.6 Å². The molecule has 2 aromatic rings. The van der Waals surface area contributed by atoms with E-state index in [-0.39, 0.29) is 5.78 Å². The number of rotatable bonds is 7. The molecule has 7 heteroatoms. The van der Waals surface area contributed by atoms with Gasteiger partial charge in [0.15, 0.2) is 11.9 Å². The van der Waals surface area contributed by atoms with Crippen LogP contribution in [0.15, 0.2) is 35.9 Å². The van der Waals surface area contributed by atoms with Crippen molar-refractivity contribution < 1.29 is 33.2 Å². The lowest BCUT2D eigenvalue weighted by molar-refractivity contribution is -0.126. The summed E-state index contributed by atoms with van der Waals surface area (Å²) < 4.78 is 33.9. The van der Waals surface area contributed by atoms with Gasteiger partial charge in [0.1, 0.15) is 34.5 Å². The van der Waals surface area contributed by atoms with E-state index in [1.54, 1.807) is 59.8 Å². The minimum Gasteiger partial charge on any atom is -0.496 e. The monoisotopic (exact) mass is 428 g/mol. The second kappa shape index (κ2) is 9.20. The van der Waals surface area contributed by atoms with Crippen LogP contribution in [0.4, 0.5) is 0 Å². The summed E-state index contributed by atoms with van der Waals surface area (Å²) >= 11 is 0. The summed E-state index contributed by atoms with van der Waals surface area (Å²) in [5, 5.41) is 0. The zero-order valence-electron chi connectivity index (χ0n) is 18.9. The summed E-state index contributed by atoms with van der Waals surface area (Å²) in [5.74, 6) is 2.15. The molecule has 0 spiro atoms. The number of ketones is 1. The van der Waals surface area contributed by atoms with Crippen LogP contribution in [0.2, 0.25) is 0 Å². The fourth-order valence-corrected chi connectivity index (χ4v) is 3.80. The van der Waals surface area contributed by atoms with Gasteiger partial charge in [-0.1, -0.05) is 6.08 Å². The molecule has 0 unspecified atom stereocenters. The third-order valence-electron chi connectivity index (χ3n) is 5.52. The lowest BCUT2D eigenvalue weighted by atomic mass is 9.80. The Balaban J connectivity index is 2.38. The Bertz CT molecular complexity index is 984. The van der Waals surface area contributed by atoms with Crippen LogP contribution in [0, 0.1) is 0 Å². The second-order valence-corrected chi connectivity index (χ2v) is 7.05. The van der Waals surface area contributed by atoms with Gasteiger partial charge in [0, 0.05) is 24.3 Å². The van der Waals surface area contributed by atoms with Crippen molar-refractivity contribution in [3.63, 3.8) is 0 Å². The number of carbonyl (C=O) groups excluding carboxylic acids is 1. The molecule has 3 rings (SSSR count). The largest absolute Gasteiger partial charge is 0.496 e. The maximum Gasteiger partial charge on any atom is 0.189 e. The van der Waals surface area contributed by atoms with E-state index >= 15 is 0 Å². The van der Waals surface area contributed by atoms with Gasteiger partial charge in [-0.15, -0.1) is 0 Å². The third-order valence-corrected chi connectivity index (χ3v) is 5.52. The molecular formula is C24H28O7. The van der Waals surface area contributed by atoms with Gasteiger partial charge in [0.2, 0.25) is 0 Å². The molecule has 1 aliphatic rings. The molecule has 1 aliphatic heterocycles. The first-order chi connectivity index (χ1) is 14.9. The highest BCUT2D eigenvalue weighted by molar-refractivity contribution is 5.99. The first-order valence-corrected chi connectivity index (χ1v) is 9.82. The quantitative estimate of drug-likeness (QED) is 0.613. The second-order valence-electron chi connectivity index (χ2n) is 7.05. The average Bonchev–Trinajstić information content (AvgIpc) is 2.81. The lowest BCUT2D eigenvalue weighted by Crippen LogP contribution is -2.38. The van der Waals surface area contributed by atoms with Crippen LogP contribution in [-0.4, -0.2) is 47.4 Å². The molecule has 0 amide bonds. The molecule has 0 saturated heterocycles. The molecule has 166 valence electrons. The summed E-state index contributed by atoms with van der Waals surface area (Å²) in [6.07, 6.45) is 1.10. The van der Waals surface area contributed by atoms with Crippen molar-refractivity contribution in [2.24, 2.45) is 0 Å². The van der Waals surface area contributed by atoms with Crippen molar-refractivity contribution in [1.82, 2.24) is 0 Å². The fraction of sp³-hybridized carbons (Fsp3) is 0.375. The number of methoxy groups -OCH3 is 5. The molecule has 0 bridgehead atoms. The van der Waals surface area contributed by atoms with Crippen LogP contribution in [0.3, 0.4) is 0 Å². The van der Waals surface area contributed by atoms with E-state index < -0.39 is 12.0 Å². The number of hydrogen-bond acceptors (Lipinski definition) is 7. The Hall–Kier alpha value is -3.35. The molecule has 0 fully saturated rings. The predicted molar refractivity (Wildman–Crippen MR) is 116 cm³/mol. The van der Waals surface area contributed by atoms with Crippen molar-refractivity contribution in [3.8, 4) is 34.5 Å². The maximum atomic E-state index is 13.8. The molecule has 31 heavy (non-hydrogen) atoms. The number of carbonyl (C=O) groups is 1. The zero-order chi connectivity index (χ0) is 22.7. The van der Waals surface area contributed by atoms with Gasteiger partial charge in [-0.3, -0.25) is 4.79 Å². The first kappa shape index (κ1) is 22.3. The summed E-state index contributed by atoms with van der Waals surface area (Å²) in [7, 11) is 7.76. The highest BCUT2D eigenvalue weighted by Gasteiger charge is 2.43. The van der Waals surface area contributed by atoms with E-state index in [4.69, 9.17) is 28.4 Å². The van der Waals surface area contributed by atoms with Crippen molar-refractivity contribution in [3.05, 3.63) is 47.0 Å². The number of ether oxygens (including phenoxy) is 6. The van der Waals surface area contributed by atoms with E-state index in [0.717, 1.165) is 5.57 Å². The van der Waals surface area contributed by atoms with Crippen molar-refractivity contribution in [2.45, 2.75) is 25.9 Å². The molecule has 0 radical (unpaired) electrons. The van der Waals surface area contributed by atoms with E-state index in [9.17, 15) is 4.79 Å². The van der Waals surface area contributed by atoms with E-state index in [2.05, 4.69) is 0 Å². The van der Waals surface area contributed by atoms with Gasteiger partial charge in [-0.2, -0.15) is 0 Å². The van der Waals surface area contributed by atoms with Crippen LogP contribution >= 0.6 is 0 Å². The number of Topliss-reactive ketones (excluding diaryl/α,β-unsaturated/α-hetero) is 1. The van der Waals surface area contributed by atoms with Crippen LogP contribution in [0.1, 0.15) is 30.9 Å². The molecule has 7 nitrogen and oxygen atoms in total. The SMILES string of the molecule is C/C=C(\C)[C@H]1Oc2cc(OC)cc(OC)c2[C@@H](c2c(OC)cc(OC)cc2OC)C1=O. The Labute approximate surface area is 182 Å². The van der Waals surface area contributed by atoms with Gasteiger partial charge in [0.25, 0.3) is 0 Å². The van der Waals surface area contributed by atoms with Crippen molar-refractivity contribution in [1.29, 1.82) is 0 Å². The number of fused-ring (bicyclic) bond motifs is 1. The number of allylic oxidation sites excluding steroid dienone is 1. The summed E-state index contributed by atoms with van der Waals surface area (Å²) in [6.45, 7) is 3.74. The average molecular weight is 428 g/mol. The van der Waals surface area contributed by atoms with E-state index in [1.165, 1.54) is 0 Å². The highest BCUT2D eigenvalue weighted by atomic mass is 16.5. The Kier molecular flexibility index (Phi) is 6.63. The van der Waals surface area contributed by atoms with Crippen LogP contribution in [-0.2, 0) is 4.79 Å². The van der Waals surface area contributed by atoms with Gasteiger partial charge >= 0.3 is 0 Å². The van der Waals surface area contributed by atoms with Crippen molar-refractivity contribution >= 4 is 5.78 Å². The van der Waals surface area contributed by atoms with Gasteiger partial charge < -0.3 is 28.4 Å². The fourth-order valence-electron chi connectivity index (χ4n) is 3.80. The molecule has 0 N–H and O–H groups in total. The molecule has 2 atom stereocenters. The van der Waals surface area contributed by atoms with Crippen LogP contribution < -0.4 is 28.4 Å². The molecule has 0 aromatic heterocycles. The molecular weight excluding hydrogens is 400 g/mol. The van der Waals surface area contributed by atoms with E-state index in [0.29, 0.717) is 45.6 Å². The zero-order valence-corrected chi connectivity index (χ0v) is 18.9. The Morgan fingerprint density at radius 1 is 0.806 bits per heavy atom. The minimum absolute atomic E-state index is 0.145. The molecule has 0 saturated carbocycles. The summed E-state index contributed by atoms with van der Waals surface area (Å²) in [5.41, 5.74) is 1.97. The maximum absolute atomic E-state index is 13.8. The smallest absolute Gasteiger partial charge is 0.189 e. The molecule has 0 aliphatic carbocycles. The van der Waals surface area contributed by atoms with Crippen LogP contribution in [0.5, 0.6) is 34.5 Å². The highest BCUT2D eigenvalue weighted by Crippen LogP contribution is 2.51. The number of hydrogen-bond donors (Lipinski definition) is 0. The minimum atomic E-state index is -0.768. The molecule has 2 aromatic carbocycles.